The van der Waals surface area contributed by atoms with Crippen molar-refractivity contribution < 1.29 is 14.7 Å². The number of carboxylic acid groups (broad SMARTS) is 1. The number of aromatic nitrogens is 3. The van der Waals surface area contributed by atoms with Crippen molar-refractivity contribution in [1.29, 1.82) is 0 Å². The molecule has 1 amide bonds. The monoisotopic (exact) mass is 365 g/mol. The van der Waals surface area contributed by atoms with Gasteiger partial charge in [0.1, 0.15) is 5.56 Å². The van der Waals surface area contributed by atoms with Crippen LogP contribution in [0.3, 0.4) is 0 Å². The third-order valence-electron chi connectivity index (χ3n) is 4.90. The lowest BCUT2D eigenvalue weighted by Crippen LogP contribution is -2.28. The summed E-state index contributed by atoms with van der Waals surface area (Å²) in [6, 6.07) is 11.1. The summed E-state index contributed by atoms with van der Waals surface area (Å²) in [4.78, 5) is 30.4. The highest BCUT2D eigenvalue weighted by molar-refractivity contribution is 6.01. The fraction of sp³-hybridized carbons (Fsp3) is 0.263. The Balaban J connectivity index is 1.68. The summed E-state index contributed by atoms with van der Waals surface area (Å²) < 4.78 is 1.39. The van der Waals surface area contributed by atoms with Gasteiger partial charge >= 0.3 is 5.97 Å². The number of carboxylic acids is 1. The van der Waals surface area contributed by atoms with Crippen molar-refractivity contribution in [2.75, 3.05) is 24.3 Å². The maximum atomic E-state index is 12.8. The predicted octanol–water partition coefficient (Wildman–Crippen LogP) is 2.16. The molecule has 0 bridgehead atoms. The Morgan fingerprint density at radius 3 is 2.52 bits per heavy atom. The van der Waals surface area contributed by atoms with Gasteiger partial charge in [-0.1, -0.05) is 30.3 Å². The van der Waals surface area contributed by atoms with Crippen molar-refractivity contribution in [3.8, 4) is 0 Å². The average molecular weight is 365 g/mol. The number of carbonyl (C=O) groups is 2. The van der Waals surface area contributed by atoms with E-state index in [9.17, 15) is 14.7 Å². The fourth-order valence-corrected chi connectivity index (χ4v) is 3.18. The lowest BCUT2D eigenvalue weighted by atomic mass is 9.95. The first-order valence-corrected chi connectivity index (χ1v) is 8.59. The molecule has 1 aliphatic carbocycles. The van der Waals surface area contributed by atoms with Crippen LogP contribution in [0.5, 0.6) is 0 Å². The number of nitrogens with one attached hydrogen (secondary N) is 1. The Hall–Kier alpha value is -3.42. The molecule has 1 fully saturated rings. The van der Waals surface area contributed by atoms with Gasteiger partial charge in [-0.05, 0) is 24.5 Å². The third-order valence-corrected chi connectivity index (χ3v) is 4.90. The van der Waals surface area contributed by atoms with Crippen LogP contribution >= 0.6 is 0 Å². The minimum atomic E-state index is -1.10. The summed E-state index contributed by atoms with van der Waals surface area (Å²) in [6.45, 7) is 0. The van der Waals surface area contributed by atoms with Crippen molar-refractivity contribution in [1.82, 2.24) is 14.6 Å². The summed E-state index contributed by atoms with van der Waals surface area (Å²) in [5, 5.41) is 16.5. The fourth-order valence-electron chi connectivity index (χ4n) is 3.18. The molecular weight excluding hydrogens is 346 g/mol. The molecule has 3 aromatic rings. The average Bonchev–Trinajstić information content (AvgIpc) is 3.36. The highest BCUT2D eigenvalue weighted by Gasteiger charge is 2.51. The first-order valence-electron chi connectivity index (χ1n) is 8.59. The molecule has 4 rings (SSSR count). The lowest BCUT2D eigenvalue weighted by Gasteiger charge is -2.13. The van der Waals surface area contributed by atoms with Gasteiger partial charge in [0.15, 0.2) is 5.65 Å². The maximum absolute atomic E-state index is 12.8. The summed E-state index contributed by atoms with van der Waals surface area (Å²) in [7, 11) is 3.62. The molecular formula is C19H19N5O3. The van der Waals surface area contributed by atoms with Gasteiger partial charge in [0, 0.05) is 14.1 Å². The minimum Gasteiger partial charge on any atom is -0.478 e. The second-order valence-electron chi connectivity index (χ2n) is 6.92. The van der Waals surface area contributed by atoms with Crippen LogP contribution < -0.4 is 10.2 Å². The number of amides is 1. The zero-order chi connectivity index (χ0) is 19.2. The Morgan fingerprint density at radius 1 is 1.22 bits per heavy atom. The molecule has 0 unspecified atom stereocenters. The molecule has 2 heterocycles. The number of fused-ring (bicyclic) bond motifs is 1. The number of nitrogens with zero attached hydrogens (tertiary/aromatic N) is 4. The van der Waals surface area contributed by atoms with Gasteiger partial charge in [-0.25, -0.2) is 9.31 Å². The van der Waals surface area contributed by atoms with E-state index in [0.717, 1.165) is 18.4 Å². The summed E-state index contributed by atoms with van der Waals surface area (Å²) in [5.74, 6) is -1.17. The van der Waals surface area contributed by atoms with Gasteiger partial charge in [0.05, 0.1) is 17.3 Å². The van der Waals surface area contributed by atoms with Crippen LogP contribution in [-0.4, -0.2) is 45.7 Å². The van der Waals surface area contributed by atoms with Crippen LogP contribution in [0.1, 0.15) is 28.8 Å². The minimum absolute atomic E-state index is 0.0263. The SMILES string of the molecule is CN(C)c1cc(C(=O)O)c2nc(NC(=O)C3(c4ccccc4)CC3)nn2c1. The highest BCUT2D eigenvalue weighted by atomic mass is 16.4. The van der Waals surface area contributed by atoms with Crippen molar-refractivity contribution >= 4 is 29.2 Å². The third kappa shape index (κ3) is 2.88. The van der Waals surface area contributed by atoms with Gasteiger partial charge in [-0.15, -0.1) is 5.10 Å². The maximum Gasteiger partial charge on any atom is 0.339 e. The smallest absolute Gasteiger partial charge is 0.339 e. The van der Waals surface area contributed by atoms with E-state index in [4.69, 9.17) is 0 Å². The summed E-state index contributed by atoms with van der Waals surface area (Å²) in [5.41, 5.74) is 1.30. The van der Waals surface area contributed by atoms with E-state index >= 15 is 0 Å². The van der Waals surface area contributed by atoms with Crippen molar-refractivity contribution in [2.24, 2.45) is 0 Å². The van der Waals surface area contributed by atoms with E-state index in [0.29, 0.717) is 5.69 Å². The van der Waals surface area contributed by atoms with Gasteiger partial charge in [0.2, 0.25) is 11.9 Å². The van der Waals surface area contributed by atoms with E-state index in [-0.39, 0.29) is 23.1 Å². The summed E-state index contributed by atoms with van der Waals surface area (Å²) >= 11 is 0. The zero-order valence-electron chi connectivity index (χ0n) is 15.0. The van der Waals surface area contributed by atoms with Crippen LogP contribution in [0.2, 0.25) is 0 Å². The number of hydrogen-bond acceptors (Lipinski definition) is 5. The number of rotatable bonds is 5. The molecule has 2 aromatic heterocycles. The number of carbonyl (C=O) groups excluding carboxylic acids is 1. The van der Waals surface area contributed by atoms with Gasteiger partial charge in [-0.2, -0.15) is 4.98 Å². The van der Waals surface area contributed by atoms with Crippen LogP contribution in [0.25, 0.3) is 5.65 Å². The largest absolute Gasteiger partial charge is 0.478 e. The van der Waals surface area contributed by atoms with E-state index in [1.165, 1.54) is 10.6 Å². The molecule has 138 valence electrons. The Kier molecular flexibility index (Phi) is 3.83. The highest BCUT2D eigenvalue weighted by Crippen LogP contribution is 2.48. The van der Waals surface area contributed by atoms with Gasteiger partial charge in [-0.3, -0.25) is 10.1 Å². The molecule has 0 aliphatic heterocycles. The van der Waals surface area contributed by atoms with Crippen molar-refractivity contribution in [3.63, 3.8) is 0 Å². The molecule has 8 nitrogen and oxygen atoms in total. The first kappa shape index (κ1) is 17.0. The first-order chi connectivity index (χ1) is 12.9. The van der Waals surface area contributed by atoms with Crippen LogP contribution in [0, 0.1) is 0 Å². The second-order valence-corrected chi connectivity index (χ2v) is 6.92. The van der Waals surface area contributed by atoms with Crippen molar-refractivity contribution in [3.05, 3.63) is 53.7 Å². The molecule has 27 heavy (non-hydrogen) atoms. The standard InChI is InChI=1S/C19H19N5O3/c1-23(2)13-10-14(16(25)26)15-20-18(22-24(15)11-13)21-17(27)19(8-9-19)12-6-4-3-5-7-12/h3-7,10-11H,8-9H2,1-2H3,(H,25,26)(H,21,22,27). The number of pyridine rings is 1. The quantitative estimate of drug-likeness (QED) is 0.719. The number of anilines is 2. The van der Waals surface area contributed by atoms with Gasteiger partial charge in [0.25, 0.3) is 0 Å². The normalized spacial score (nSPS) is 14.7. The molecule has 0 radical (unpaired) electrons. The number of aromatic carboxylic acids is 1. The number of hydrogen-bond donors (Lipinski definition) is 2. The lowest BCUT2D eigenvalue weighted by molar-refractivity contribution is -0.118. The second kappa shape index (κ2) is 6.08. The molecule has 8 heteroatoms. The van der Waals surface area contributed by atoms with Crippen LogP contribution in [0.15, 0.2) is 42.6 Å². The zero-order valence-corrected chi connectivity index (χ0v) is 15.0. The Morgan fingerprint density at radius 2 is 1.93 bits per heavy atom. The van der Waals surface area contributed by atoms with E-state index in [1.54, 1.807) is 11.1 Å². The predicted molar refractivity (Wildman–Crippen MR) is 100 cm³/mol. The molecule has 1 aliphatic rings. The van der Waals surface area contributed by atoms with E-state index < -0.39 is 11.4 Å². The number of benzene rings is 1. The molecule has 0 saturated heterocycles. The van der Waals surface area contributed by atoms with E-state index in [2.05, 4.69) is 15.4 Å². The Bertz CT molecular complexity index is 1040. The van der Waals surface area contributed by atoms with Crippen LogP contribution in [0.4, 0.5) is 11.6 Å². The van der Waals surface area contributed by atoms with Crippen molar-refractivity contribution in [2.45, 2.75) is 18.3 Å². The molecule has 2 N–H and O–H groups in total. The molecule has 1 saturated carbocycles. The molecule has 1 aromatic carbocycles. The molecule has 0 atom stereocenters. The van der Waals surface area contributed by atoms with Gasteiger partial charge < -0.3 is 10.0 Å². The van der Waals surface area contributed by atoms with Crippen LogP contribution in [-0.2, 0) is 10.2 Å². The van der Waals surface area contributed by atoms with E-state index in [1.807, 2.05) is 44.4 Å². The topological polar surface area (TPSA) is 99.8 Å². The Labute approximate surface area is 155 Å². The summed E-state index contributed by atoms with van der Waals surface area (Å²) in [6.07, 6.45) is 3.21. The molecule has 0 spiro atoms.